The smallest absolute Gasteiger partial charge is 0.363 e. The first-order valence-electron chi connectivity index (χ1n) is 3.53. The highest BCUT2D eigenvalue weighted by Gasteiger charge is 2.18. The number of aromatic nitrogens is 1. The molecule has 0 saturated heterocycles. The van der Waals surface area contributed by atoms with Crippen LogP contribution in [0.4, 0.5) is 5.82 Å². The van der Waals surface area contributed by atoms with Crippen LogP contribution in [0.25, 0.3) is 0 Å². The van der Waals surface area contributed by atoms with Crippen molar-refractivity contribution < 1.29 is 9.66 Å². The van der Waals surface area contributed by atoms with E-state index in [9.17, 15) is 10.1 Å². The van der Waals surface area contributed by atoms with E-state index in [0.717, 1.165) is 12.0 Å². The van der Waals surface area contributed by atoms with Crippen LogP contribution in [0, 0.1) is 10.1 Å². The van der Waals surface area contributed by atoms with Crippen molar-refractivity contribution in [2.75, 3.05) is 6.61 Å². The molecule has 12 heavy (non-hydrogen) atoms. The van der Waals surface area contributed by atoms with Crippen molar-refractivity contribution in [3.63, 3.8) is 0 Å². The Morgan fingerprint density at radius 3 is 3.25 bits per heavy atom. The highest BCUT2D eigenvalue weighted by Crippen LogP contribution is 2.26. The lowest BCUT2D eigenvalue weighted by Gasteiger charge is -1.94. The van der Waals surface area contributed by atoms with Crippen LogP contribution in [-0.4, -0.2) is 16.5 Å². The van der Waals surface area contributed by atoms with Crippen LogP contribution in [-0.2, 0) is 6.42 Å². The summed E-state index contributed by atoms with van der Waals surface area (Å²) in [4.78, 5) is 13.4. The Morgan fingerprint density at radius 2 is 2.50 bits per heavy atom. The summed E-state index contributed by atoms with van der Waals surface area (Å²) < 4.78 is 5.15. The SMILES string of the molecule is O=[N+]([O-])c1cc2c(cn1)OCC2. The van der Waals surface area contributed by atoms with E-state index in [1.807, 2.05) is 0 Å². The van der Waals surface area contributed by atoms with Crippen LogP contribution in [0.1, 0.15) is 5.56 Å². The monoisotopic (exact) mass is 166 g/mol. The topological polar surface area (TPSA) is 65.3 Å². The third kappa shape index (κ3) is 0.990. The molecule has 0 aromatic carbocycles. The van der Waals surface area contributed by atoms with Gasteiger partial charge in [-0.15, -0.1) is 0 Å². The molecule has 2 rings (SSSR count). The standard InChI is InChI=1S/C7H6N2O3/c10-9(11)7-3-5-1-2-12-6(5)4-8-7/h3-4H,1-2H2. The van der Waals surface area contributed by atoms with E-state index in [0.29, 0.717) is 12.4 Å². The number of hydrogen-bond acceptors (Lipinski definition) is 4. The third-order valence-corrected chi connectivity index (χ3v) is 1.75. The van der Waals surface area contributed by atoms with Crippen LogP contribution in [0.3, 0.4) is 0 Å². The van der Waals surface area contributed by atoms with Gasteiger partial charge in [-0.3, -0.25) is 0 Å². The van der Waals surface area contributed by atoms with E-state index in [1.165, 1.54) is 12.3 Å². The molecule has 0 aliphatic carbocycles. The quantitative estimate of drug-likeness (QED) is 0.459. The van der Waals surface area contributed by atoms with Gasteiger partial charge in [-0.2, -0.15) is 0 Å². The Balaban J connectivity index is 2.45. The number of pyridine rings is 1. The summed E-state index contributed by atoms with van der Waals surface area (Å²) in [5, 5.41) is 10.3. The van der Waals surface area contributed by atoms with Gasteiger partial charge in [-0.05, 0) is 9.91 Å². The Morgan fingerprint density at radius 1 is 1.67 bits per heavy atom. The summed E-state index contributed by atoms with van der Waals surface area (Å²) in [6, 6.07) is 1.46. The molecule has 0 saturated carbocycles. The number of rotatable bonds is 1. The molecule has 2 heterocycles. The number of hydrogen-bond donors (Lipinski definition) is 0. The van der Waals surface area contributed by atoms with Crippen molar-refractivity contribution >= 4 is 5.82 Å². The van der Waals surface area contributed by atoms with Gasteiger partial charge in [0, 0.05) is 18.1 Å². The lowest BCUT2D eigenvalue weighted by atomic mass is 10.2. The molecular formula is C7H6N2O3. The van der Waals surface area contributed by atoms with Crippen LogP contribution in [0.15, 0.2) is 12.3 Å². The third-order valence-electron chi connectivity index (χ3n) is 1.75. The average Bonchev–Trinajstić information content (AvgIpc) is 2.49. The van der Waals surface area contributed by atoms with Crippen molar-refractivity contribution in [2.45, 2.75) is 6.42 Å². The second-order valence-corrected chi connectivity index (χ2v) is 2.51. The summed E-state index contributed by atoms with van der Waals surface area (Å²) in [6.07, 6.45) is 2.14. The predicted molar refractivity (Wildman–Crippen MR) is 40.1 cm³/mol. The molecule has 0 unspecified atom stereocenters. The fourth-order valence-corrected chi connectivity index (χ4v) is 1.17. The van der Waals surface area contributed by atoms with Crippen molar-refractivity contribution in [1.29, 1.82) is 0 Å². The number of ether oxygens (including phenoxy) is 1. The molecule has 1 aromatic heterocycles. The Kier molecular flexibility index (Phi) is 1.43. The lowest BCUT2D eigenvalue weighted by Crippen LogP contribution is -1.92. The van der Waals surface area contributed by atoms with Gasteiger partial charge in [0.25, 0.3) is 0 Å². The summed E-state index contributed by atoms with van der Waals surface area (Å²) >= 11 is 0. The summed E-state index contributed by atoms with van der Waals surface area (Å²) in [5.41, 5.74) is 0.872. The minimum Gasteiger partial charge on any atom is -0.489 e. The number of nitro groups is 1. The molecule has 0 bridgehead atoms. The van der Waals surface area contributed by atoms with E-state index >= 15 is 0 Å². The second-order valence-electron chi connectivity index (χ2n) is 2.51. The van der Waals surface area contributed by atoms with Crippen molar-refractivity contribution in [2.24, 2.45) is 0 Å². The maximum atomic E-state index is 10.3. The molecule has 0 fully saturated rings. The molecule has 0 amide bonds. The second kappa shape index (κ2) is 2.44. The molecule has 62 valence electrons. The van der Waals surface area contributed by atoms with E-state index in [4.69, 9.17) is 4.74 Å². The maximum Gasteiger partial charge on any atom is 0.363 e. The zero-order chi connectivity index (χ0) is 8.55. The first kappa shape index (κ1) is 7.02. The predicted octanol–water partition coefficient (Wildman–Crippen LogP) is 0.925. The van der Waals surface area contributed by atoms with Gasteiger partial charge in [-0.1, -0.05) is 0 Å². The molecule has 0 radical (unpaired) electrons. The molecule has 1 aromatic rings. The first-order valence-corrected chi connectivity index (χ1v) is 3.53. The minimum absolute atomic E-state index is 0.112. The first-order chi connectivity index (χ1) is 5.77. The van der Waals surface area contributed by atoms with Gasteiger partial charge in [0.2, 0.25) is 0 Å². The Labute approximate surface area is 68.1 Å². The van der Waals surface area contributed by atoms with Gasteiger partial charge in [-0.25, -0.2) is 0 Å². The van der Waals surface area contributed by atoms with Crippen LogP contribution >= 0.6 is 0 Å². The summed E-state index contributed by atoms with van der Waals surface area (Å²) in [7, 11) is 0. The molecule has 0 N–H and O–H groups in total. The van der Waals surface area contributed by atoms with E-state index in [1.54, 1.807) is 0 Å². The molecule has 0 spiro atoms. The molecule has 5 nitrogen and oxygen atoms in total. The zero-order valence-electron chi connectivity index (χ0n) is 6.19. The molecular weight excluding hydrogens is 160 g/mol. The van der Waals surface area contributed by atoms with Gasteiger partial charge in [0.1, 0.15) is 0 Å². The molecule has 5 heteroatoms. The van der Waals surface area contributed by atoms with Crippen LogP contribution in [0.5, 0.6) is 5.75 Å². The lowest BCUT2D eigenvalue weighted by molar-refractivity contribution is -0.389. The van der Waals surface area contributed by atoms with Crippen molar-refractivity contribution in [3.8, 4) is 5.75 Å². The van der Waals surface area contributed by atoms with Gasteiger partial charge in [0.05, 0.1) is 6.61 Å². The van der Waals surface area contributed by atoms with E-state index < -0.39 is 4.92 Å². The van der Waals surface area contributed by atoms with Crippen molar-refractivity contribution in [1.82, 2.24) is 4.98 Å². The highest BCUT2D eigenvalue weighted by atomic mass is 16.6. The number of fused-ring (bicyclic) bond motifs is 1. The van der Waals surface area contributed by atoms with Crippen LogP contribution in [0.2, 0.25) is 0 Å². The highest BCUT2D eigenvalue weighted by molar-refractivity contribution is 5.39. The number of nitrogens with zero attached hydrogens (tertiary/aromatic N) is 2. The largest absolute Gasteiger partial charge is 0.489 e. The van der Waals surface area contributed by atoms with Gasteiger partial charge in [0.15, 0.2) is 11.9 Å². The fourth-order valence-electron chi connectivity index (χ4n) is 1.17. The van der Waals surface area contributed by atoms with Crippen LogP contribution < -0.4 is 4.74 Å². The Hall–Kier alpha value is -1.65. The maximum absolute atomic E-state index is 10.3. The van der Waals surface area contributed by atoms with E-state index in [-0.39, 0.29) is 5.82 Å². The minimum atomic E-state index is -0.501. The summed E-state index contributed by atoms with van der Waals surface area (Å²) in [5.74, 6) is 0.555. The normalized spacial score (nSPS) is 13.7. The molecule has 1 aliphatic rings. The molecule has 0 atom stereocenters. The van der Waals surface area contributed by atoms with Gasteiger partial charge < -0.3 is 14.9 Å². The Bertz CT molecular complexity index is 337. The average molecular weight is 166 g/mol. The summed E-state index contributed by atoms with van der Waals surface area (Å²) in [6.45, 7) is 0.595. The van der Waals surface area contributed by atoms with Gasteiger partial charge >= 0.3 is 5.82 Å². The van der Waals surface area contributed by atoms with E-state index in [2.05, 4.69) is 4.98 Å². The fraction of sp³-hybridized carbons (Fsp3) is 0.286. The zero-order valence-corrected chi connectivity index (χ0v) is 6.19. The molecule has 1 aliphatic heterocycles. The van der Waals surface area contributed by atoms with Crippen molar-refractivity contribution in [3.05, 3.63) is 27.9 Å².